The number of hydrogen-bond donors (Lipinski definition) is 1. The second-order valence-electron chi connectivity index (χ2n) is 9.18. The normalized spacial score (nSPS) is 15.2. The van der Waals surface area contributed by atoms with Crippen LogP contribution in [0.5, 0.6) is 0 Å². The maximum absolute atomic E-state index is 13.5. The lowest BCUT2D eigenvalue weighted by atomic mass is 10.0. The maximum atomic E-state index is 13.5. The van der Waals surface area contributed by atoms with E-state index in [-0.39, 0.29) is 10.7 Å². The second-order valence-corrected chi connectivity index (χ2v) is 9.57. The number of nitrogens with zero attached hydrogens (tertiary/aromatic N) is 2. The highest BCUT2D eigenvalue weighted by Crippen LogP contribution is 2.28. The van der Waals surface area contributed by atoms with Gasteiger partial charge < -0.3 is 4.57 Å². The zero-order chi connectivity index (χ0) is 25.3. The van der Waals surface area contributed by atoms with Gasteiger partial charge in [0.05, 0.1) is 5.69 Å². The molecule has 1 aromatic heterocycles. The molecule has 2 amide bonds. The highest BCUT2D eigenvalue weighted by atomic mass is 32.1. The van der Waals surface area contributed by atoms with Gasteiger partial charge >= 0.3 is 0 Å². The van der Waals surface area contributed by atoms with Crippen molar-refractivity contribution in [2.24, 2.45) is 0 Å². The first kappa shape index (κ1) is 24.6. The Morgan fingerprint density at radius 3 is 2.34 bits per heavy atom. The van der Waals surface area contributed by atoms with Gasteiger partial charge in [0.25, 0.3) is 11.8 Å². The summed E-state index contributed by atoms with van der Waals surface area (Å²) in [5.74, 6) is -0.901. The Labute approximate surface area is 212 Å². The van der Waals surface area contributed by atoms with Crippen LogP contribution in [0, 0.1) is 27.7 Å². The molecule has 1 aliphatic heterocycles. The molecule has 1 saturated heterocycles. The molecule has 0 atom stereocenters. The van der Waals surface area contributed by atoms with Crippen molar-refractivity contribution >= 4 is 40.9 Å². The summed E-state index contributed by atoms with van der Waals surface area (Å²) in [6.07, 6.45) is 5.10. The van der Waals surface area contributed by atoms with E-state index >= 15 is 0 Å². The molecule has 0 unspecified atom stereocenters. The molecule has 0 spiro atoms. The Balaban J connectivity index is 1.70. The molecule has 0 bridgehead atoms. The van der Waals surface area contributed by atoms with Crippen LogP contribution in [0.4, 0.5) is 5.69 Å². The number of carbonyl (C=O) groups is 2. The number of carbonyl (C=O) groups excluding carboxylic acids is 2. The molecule has 0 radical (unpaired) electrons. The quantitative estimate of drug-likeness (QED) is 0.269. The minimum absolute atomic E-state index is 0.0636. The van der Waals surface area contributed by atoms with Crippen molar-refractivity contribution in [3.63, 3.8) is 0 Å². The van der Waals surface area contributed by atoms with Crippen LogP contribution in [0.15, 0.2) is 54.1 Å². The fourth-order valence-corrected chi connectivity index (χ4v) is 4.89. The van der Waals surface area contributed by atoms with Crippen LogP contribution in [0.2, 0.25) is 0 Å². The van der Waals surface area contributed by atoms with Crippen molar-refractivity contribution in [1.82, 2.24) is 9.88 Å². The molecule has 1 aliphatic rings. The molecule has 180 valence electrons. The van der Waals surface area contributed by atoms with E-state index in [1.165, 1.54) is 23.3 Å². The largest absolute Gasteiger partial charge is 0.318 e. The van der Waals surface area contributed by atoms with Crippen molar-refractivity contribution in [2.45, 2.75) is 53.9 Å². The first-order chi connectivity index (χ1) is 16.7. The monoisotopic (exact) mass is 485 g/mol. The second kappa shape index (κ2) is 10.0. The lowest BCUT2D eigenvalue weighted by molar-refractivity contribution is -0.122. The van der Waals surface area contributed by atoms with Gasteiger partial charge in [0.2, 0.25) is 0 Å². The highest BCUT2D eigenvalue weighted by molar-refractivity contribution is 7.80. The van der Waals surface area contributed by atoms with Crippen LogP contribution in [0.3, 0.4) is 0 Å². The summed E-state index contributed by atoms with van der Waals surface area (Å²) >= 11 is 5.37. The van der Waals surface area contributed by atoms with E-state index in [1.807, 2.05) is 52.0 Å². The van der Waals surface area contributed by atoms with E-state index < -0.39 is 11.8 Å². The van der Waals surface area contributed by atoms with Crippen LogP contribution in [-0.2, 0) is 16.0 Å². The minimum Gasteiger partial charge on any atom is -0.318 e. The summed E-state index contributed by atoms with van der Waals surface area (Å²) in [5, 5.41) is 2.78. The van der Waals surface area contributed by atoms with Crippen LogP contribution in [-0.4, -0.2) is 21.5 Å². The summed E-state index contributed by atoms with van der Waals surface area (Å²) in [6.45, 7) is 10.2. The Hall–Kier alpha value is -3.51. The average Bonchev–Trinajstić information content (AvgIpc) is 3.09. The van der Waals surface area contributed by atoms with Crippen molar-refractivity contribution in [1.29, 1.82) is 0 Å². The van der Waals surface area contributed by atoms with Crippen molar-refractivity contribution < 1.29 is 9.59 Å². The van der Waals surface area contributed by atoms with E-state index in [0.29, 0.717) is 5.69 Å². The van der Waals surface area contributed by atoms with Crippen molar-refractivity contribution in [2.75, 3.05) is 4.90 Å². The van der Waals surface area contributed by atoms with Crippen LogP contribution >= 0.6 is 12.2 Å². The van der Waals surface area contributed by atoms with E-state index in [1.54, 1.807) is 6.08 Å². The highest BCUT2D eigenvalue weighted by Gasteiger charge is 2.35. The minimum atomic E-state index is -0.480. The summed E-state index contributed by atoms with van der Waals surface area (Å²) < 4.78 is 2.15. The molecule has 1 fully saturated rings. The summed E-state index contributed by atoms with van der Waals surface area (Å²) in [4.78, 5) is 27.7. The SMILES string of the molecule is CCCCc1ccc(-n2c(C)cc(/C=C3\C(=O)NC(=S)N(c4ccc(C)cc4C)C3=O)c2C)cc1. The molecule has 2 heterocycles. The third-order valence-electron chi connectivity index (χ3n) is 6.48. The number of thiocarbonyl (C=S) groups is 1. The van der Waals surface area contributed by atoms with Crippen molar-refractivity contribution in [3.8, 4) is 5.69 Å². The van der Waals surface area contributed by atoms with Crippen molar-refractivity contribution in [3.05, 3.63) is 87.7 Å². The van der Waals surface area contributed by atoms with E-state index in [0.717, 1.165) is 40.2 Å². The number of rotatable bonds is 6. The Bertz CT molecular complexity index is 1350. The molecule has 0 aliphatic carbocycles. The fourth-order valence-electron chi connectivity index (χ4n) is 4.61. The van der Waals surface area contributed by atoms with E-state index in [2.05, 4.69) is 41.1 Å². The number of benzene rings is 2. The molecular formula is C29H31N3O2S. The molecule has 1 N–H and O–H groups in total. The first-order valence-corrected chi connectivity index (χ1v) is 12.4. The number of hydrogen-bond acceptors (Lipinski definition) is 3. The van der Waals surface area contributed by atoms with Gasteiger partial charge in [-0.1, -0.05) is 43.2 Å². The summed E-state index contributed by atoms with van der Waals surface area (Å²) in [6, 6.07) is 16.4. The molecule has 35 heavy (non-hydrogen) atoms. The van der Waals surface area contributed by atoms with Crippen LogP contribution in [0.25, 0.3) is 11.8 Å². The van der Waals surface area contributed by atoms with Gasteiger partial charge in [-0.25, -0.2) is 0 Å². The zero-order valence-electron chi connectivity index (χ0n) is 20.9. The van der Waals surface area contributed by atoms with Gasteiger partial charge in [0, 0.05) is 17.1 Å². The lowest BCUT2D eigenvalue weighted by Crippen LogP contribution is -2.54. The third-order valence-corrected chi connectivity index (χ3v) is 6.76. The molecular weight excluding hydrogens is 454 g/mol. The number of aryl methyl sites for hydroxylation is 4. The molecule has 5 nitrogen and oxygen atoms in total. The number of aromatic nitrogens is 1. The van der Waals surface area contributed by atoms with Gasteiger partial charge in [-0.2, -0.15) is 0 Å². The lowest BCUT2D eigenvalue weighted by Gasteiger charge is -2.30. The van der Waals surface area contributed by atoms with Crippen LogP contribution in [0.1, 0.15) is 53.4 Å². The van der Waals surface area contributed by atoms with Gasteiger partial charge in [-0.15, -0.1) is 0 Å². The third kappa shape index (κ3) is 4.84. The Kier molecular flexibility index (Phi) is 7.03. The predicted molar refractivity (Wildman–Crippen MR) is 146 cm³/mol. The van der Waals surface area contributed by atoms with Crippen LogP contribution < -0.4 is 10.2 Å². The number of nitrogens with one attached hydrogen (secondary N) is 1. The average molecular weight is 486 g/mol. The number of amides is 2. The van der Waals surface area contributed by atoms with Gasteiger partial charge in [-0.3, -0.25) is 19.8 Å². The number of anilines is 1. The molecule has 3 aromatic rings. The van der Waals surface area contributed by atoms with Gasteiger partial charge in [0.1, 0.15) is 5.57 Å². The summed E-state index contributed by atoms with van der Waals surface area (Å²) in [5.41, 5.74) is 7.94. The smallest absolute Gasteiger partial charge is 0.270 e. The van der Waals surface area contributed by atoms with E-state index in [4.69, 9.17) is 12.2 Å². The van der Waals surface area contributed by atoms with E-state index in [9.17, 15) is 9.59 Å². The summed E-state index contributed by atoms with van der Waals surface area (Å²) in [7, 11) is 0. The fraction of sp³-hybridized carbons (Fsp3) is 0.276. The first-order valence-electron chi connectivity index (χ1n) is 12.0. The number of unbranched alkanes of at least 4 members (excludes halogenated alkanes) is 1. The Morgan fingerprint density at radius 2 is 1.69 bits per heavy atom. The zero-order valence-corrected chi connectivity index (χ0v) is 21.8. The molecule has 6 heteroatoms. The topological polar surface area (TPSA) is 54.3 Å². The molecule has 2 aromatic carbocycles. The molecule has 0 saturated carbocycles. The molecule has 4 rings (SSSR count). The van der Waals surface area contributed by atoms with Gasteiger partial charge in [-0.05, 0) is 99.8 Å². The Morgan fingerprint density at radius 1 is 0.971 bits per heavy atom. The predicted octanol–water partition coefficient (Wildman–Crippen LogP) is 5.88. The standard InChI is InChI=1S/C29H31N3O2S/c1-6-7-8-22-10-12-24(13-11-22)31-20(4)16-23(21(31)5)17-25-27(33)30-29(35)32(28(25)34)26-14-9-18(2)15-19(26)3/h9-17H,6-8H2,1-5H3,(H,30,33,35)/b25-17+. The maximum Gasteiger partial charge on any atom is 0.270 e. The van der Waals surface area contributed by atoms with Gasteiger partial charge in [0.15, 0.2) is 5.11 Å².